The third kappa shape index (κ3) is 4.15. The Morgan fingerprint density at radius 3 is 2.53 bits per heavy atom. The van der Waals surface area contributed by atoms with Crippen LogP contribution in [-0.2, 0) is 0 Å². The highest BCUT2D eigenvalue weighted by molar-refractivity contribution is 5.31. The number of hydrogen-bond acceptors (Lipinski definition) is 2. The highest BCUT2D eigenvalue weighted by Gasteiger charge is 2.38. The number of nitrogens with one attached hydrogen (secondary N) is 1. The summed E-state index contributed by atoms with van der Waals surface area (Å²) in [5.74, 6) is 0.814. The molecule has 0 aromatic rings. The van der Waals surface area contributed by atoms with E-state index in [4.69, 9.17) is 5.73 Å². The molecule has 0 spiro atoms. The van der Waals surface area contributed by atoms with Gasteiger partial charge in [0.05, 0.1) is 6.04 Å². The zero-order valence-corrected chi connectivity index (χ0v) is 11.3. The molecule has 0 radical (unpaired) electrons. The van der Waals surface area contributed by atoms with Crippen molar-refractivity contribution in [3.63, 3.8) is 0 Å². The van der Waals surface area contributed by atoms with Gasteiger partial charge in [0.1, 0.15) is 5.67 Å². The van der Waals surface area contributed by atoms with Crippen molar-refractivity contribution in [2.24, 2.45) is 17.6 Å². The lowest BCUT2D eigenvalue weighted by atomic mass is 9.83. The van der Waals surface area contributed by atoms with E-state index in [1.165, 1.54) is 0 Å². The standard InChI is InChI=1S/C14H25FN2/c1-10(2)7-14(15)8-12(16)5-6-13(14)17-9-11(3)4/h5-6,8,10-11,13,17H,7,9,16H2,1-4H3. The van der Waals surface area contributed by atoms with Gasteiger partial charge in [-0.1, -0.05) is 33.8 Å². The van der Waals surface area contributed by atoms with Crippen molar-refractivity contribution < 1.29 is 4.39 Å². The predicted octanol–water partition coefficient (Wildman–Crippen LogP) is 2.77. The van der Waals surface area contributed by atoms with Gasteiger partial charge in [0.15, 0.2) is 0 Å². The first kappa shape index (κ1) is 14.2. The lowest BCUT2D eigenvalue weighted by molar-refractivity contribution is 0.147. The monoisotopic (exact) mass is 240 g/mol. The normalized spacial score (nSPS) is 28.9. The van der Waals surface area contributed by atoms with Crippen molar-refractivity contribution in [2.45, 2.75) is 45.8 Å². The second-order valence-corrected chi connectivity index (χ2v) is 5.81. The molecule has 0 saturated carbocycles. The fraction of sp³-hybridized carbons (Fsp3) is 0.714. The molecule has 2 unspecified atom stereocenters. The Hall–Kier alpha value is -0.830. The SMILES string of the molecule is CC(C)CNC1C=CC(N)=CC1(F)CC(C)C. The van der Waals surface area contributed by atoms with Gasteiger partial charge in [-0.05, 0) is 37.0 Å². The Morgan fingerprint density at radius 1 is 1.35 bits per heavy atom. The first-order valence-electron chi connectivity index (χ1n) is 6.42. The summed E-state index contributed by atoms with van der Waals surface area (Å²) >= 11 is 0. The molecule has 0 heterocycles. The Bertz CT molecular complexity index is 307. The summed E-state index contributed by atoms with van der Waals surface area (Å²) in [6.45, 7) is 9.11. The minimum Gasteiger partial charge on any atom is -0.399 e. The molecular weight excluding hydrogens is 215 g/mol. The van der Waals surface area contributed by atoms with E-state index in [1.807, 2.05) is 19.9 Å². The second-order valence-electron chi connectivity index (χ2n) is 5.81. The quantitative estimate of drug-likeness (QED) is 0.775. The van der Waals surface area contributed by atoms with Crippen LogP contribution in [0.1, 0.15) is 34.1 Å². The van der Waals surface area contributed by atoms with E-state index < -0.39 is 5.67 Å². The molecule has 1 aliphatic rings. The van der Waals surface area contributed by atoms with Crippen LogP contribution in [0, 0.1) is 11.8 Å². The zero-order valence-electron chi connectivity index (χ0n) is 11.3. The second kappa shape index (κ2) is 5.67. The third-order valence-corrected chi connectivity index (χ3v) is 2.87. The highest BCUT2D eigenvalue weighted by atomic mass is 19.1. The molecule has 3 N–H and O–H groups in total. The molecule has 0 fully saturated rings. The van der Waals surface area contributed by atoms with Crippen LogP contribution in [-0.4, -0.2) is 18.3 Å². The third-order valence-electron chi connectivity index (χ3n) is 2.87. The maximum atomic E-state index is 14.9. The number of alkyl halides is 1. The predicted molar refractivity (Wildman–Crippen MR) is 71.3 cm³/mol. The summed E-state index contributed by atoms with van der Waals surface area (Å²) in [6.07, 6.45) is 5.69. The van der Waals surface area contributed by atoms with Crippen molar-refractivity contribution in [3.8, 4) is 0 Å². The smallest absolute Gasteiger partial charge is 0.150 e. The first-order valence-corrected chi connectivity index (χ1v) is 6.42. The largest absolute Gasteiger partial charge is 0.399 e. The fourth-order valence-corrected chi connectivity index (χ4v) is 2.19. The summed E-state index contributed by atoms with van der Waals surface area (Å²) in [5, 5.41) is 3.28. The van der Waals surface area contributed by atoms with Crippen LogP contribution in [0.25, 0.3) is 0 Å². The summed E-state index contributed by atoms with van der Waals surface area (Å²) in [7, 11) is 0. The van der Waals surface area contributed by atoms with Gasteiger partial charge in [-0.3, -0.25) is 0 Å². The topological polar surface area (TPSA) is 38.0 Å². The van der Waals surface area contributed by atoms with Crippen LogP contribution in [0.5, 0.6) is 0 Å². The summed E-state index contributed by atoms with van der Waals surface area (Å²) in [6, 6.07) is -0.264. The average Bonchev–Trinajstić information content (AvgIpc) is 2.13. The zero-order chi connectivity index (χ0) is 13.1. The molecule has 3 heteroatoms. The van der Waals surface area contributed by atoms with Gasteiger partial charge in [0.25, 0.3) is 0 Å². The van der Waals surface area contributed by atoms with E-state index in [-0.39, 0.29) is 6.04 Å². The van der Waals surface area contributed by atoms with Gasteiger partial charge in [-0.25, -0.2) is 4.39 Å². The van der Waals surface area contributed by atoms with E-state index in [0.717, 1.165) is 6.54 Å². The lowest BCUT2D eigenvalue weighted by Gasteiger charge is -2.34. The Kier molecular flexibility index (Phi) is 4.75. The van der Waals surface area contributed by atoms with Crippen LogP contribution in [0.3, 0.4) is 0 Å². The highest BCUT2D eigenvalue weighted by Crippen LogP contribution is 2.31. The van der Waals surface area contributed by atoms with E-state index >= 15 is 0 Å². The van der Waals surface area contributed by atoms with Gasteiger partial charge >= 0.3 is 0 Å². The van der Waals surface area contributed by atoms with Crippen molar-refractivity contribution in [2.75, 3.05) is 6.54 Å². The maximum Gasteiger partial charge on any atom is 0.150 e. The molecule has 1 aliphatic carbocycles. The molecule has 98 valence electrons. The van der Waals surface area contributed by atoms with Gasteiger partial charge in [0.2, 0.25) is 0 Å². The number of nitrogens with two attached hydrogens (primary N) is 1. The van der Waals surface area contributed by atoms with Gasteiger partial charge in [-0.15, -0.1) is 0 Å². The molecule has 2 nitrogen and oxygen atoms in total. The Balaban J connectivity index is 2.76. The molecule has 0 bridgehead atoms. The van der Waals surface area contributed by atoms with Crippen molar-refractivity contribution in [1.29, 1.82) is 0 Å². The minimum atomic E-state index is -1.36. The van der Waals surface area contributed by atoms with Gasteiger partial charge in [0, 0.05) is 5.70 Å². The van der Waals surface area contributed by atoms with Crippen molar-refractivity contribution >= 4 is 0 Å². The number of allylic oxidation sites excluding steroid dienone is 1. The molecule has 17 heavy (non-hydrogen) atoms. The van der Waals surface area contributed by atoms with Crippen LogP contribution < -0.4 is 11.1 Å². The lowest BCUT2D eigenvalue weighted by Crippen LogP contribution is -2.49. The molecule has 1 rings (SSSR count). The van der Waals surface area contributed by atoms with Crippen LogP contribution >= 0.6 is 0 Å². The molecule has 0 aromatic heterocycles. The number of halogens is 1. The van der Waals surface area contributed by atoms with Crippen molar-refractivity contribution in [3.05, 3.63) is 23.9 Å². The number of hydrogen-bond donors (Lipinski definition) is 2. The Labute approximate surface area is 104 Å². The summed E-state index contributed by atoms with van der Waals surface area (Å²) < 4.78 is 14.9. The average molecular weight is 240 g/mol. The fourth-order valence-electron chi connectivity index (χ4n) is 2.19. The molecule has 0 aromatic carbocycles. The van der Waals surface area contributed by atoms with E-state index in [9.17, 15) is 4.39 Å². The molecule has 0 amide bonds. The molecule has 2 atom stereocenters. The van der Waals surface area contributed by atoms with Crippen molar-refractivity contribution in [1.82, 2.24) is 5.32 Å². The van der Waals surface area contributed by atoms with Gasteiger partial charge < -0.3 is 11.1 Å². The molecular formula is C14H25FN2. The maximum absolute atomic E-state index is 14.9. The van der Waals surface area contributed by atoms with Crippen LogP contribution in [0.15, 0.2) is 23.9 Å². The van der Waals surface area contributed by atoms with E-state index in [2.05, 4.69) is 19.2 Å². The number of rotatable bonds is 5. The van der Waals surface area contributed by atoms with Crippen LogP contribution in [0.2, 0.25) is 0 Å². The molecule has 0 saturated heterocycles. The minimum absolute atomic E-state index is 0.264. The van der Waals surface area contributed by atoms with Gasteiger partial charge in [-0.2, -0.15) is 0 Å². The molecule has 0 aliphatic heterocycles. The first-order chi connectivity index (χ1) is 7.83. The summed E-state index contributed by atoms with van der Waals surface area (Å²) in [5.41, 5.74) is 4.88. The summed E-state index contributed by atoms with van der Waals surface area (Å²) in [4.78, 5) is 0. The van der Waals surface area contributed by atoms with Crippen LogP contribution in [0.4, 0.5) is 4.39 Å². The van der Waals surface area contributed by atoms with E-state index in [1.54, 1.807) is 12.2 Å². The van der Waals surface area contributed by atoms with E-state index in [0.29, 0.717) is 24.0 Å². The Morgan fingerprint density at radius 2 is 2.00 bits per heavy atom.